The molecule has 5 heteroatoms. The van der Waals surface area contributed by atoms with Crippen LogP contribution in [0.15, 0.2) is 44.9 Å². The molecule has 1 aromatic carbocycles. The minimum Gasteiger partial charge on any atom is -0.408 e. The molecule has 1 aliphatic carbocycles. The molecule has 0 radical (unpaired) electrons. The Morgan fingerprint density at radius 1 is 1.22 bits per heavy atom. The number of aromatic nitrogens is 1. The Balaban J connectivity index is 1.54. The first kappa shape index (κ1) is 13.6. The quantitative estimate of drug-likeness (QED) is 0.738. The highest BCUT2D eigenvalue weighted by Gasteiger charge is 2.40. The summed E-state index contributed by atoms with van der Waals surface area (Å²) in [6.07, 6.45) is 3.69. The van der Waals surface area contributed by atoms with Crippen LogP contribution in [-0.4, -0.2) is 16.0 Å². The lowest BCUT2D eigenvalue weighted by Gasteiger charge is -2.36. The topological polar surface area (TPSA) is 38.4 Å². The molecule has 0 N–H and O–H groups in total. The molecule has 1 fully saturated rings. The monoisotopic (exact) mass is 326 g/mol. The molecule has 3 heterocycles. The highest BCUT2D eigenvalue weighted by molar-refractivity contribution is 7.10. The molecular formula is C18H18N2O2S. The molecule has 5 rings (SSSR count). The van der Waals surface area contributed by atoms with Crippen molar-refractivity contribution in [2.24, 2.45) is 5.92 Å². The lowest BCUT2D eigenvalue weighted by atomic mass is 9.96. The fourth-order valence-corrected chi connectivity index (χ4v) is 4.76. The zero-order valence-electron chi connectivity index (χ0n) is 12.8. The van der Waals surface area contributed by atoms with Crippen LogP contribution in [0.25, 0.3) is 11.1 Å². The van der Waals surface area contributed by atoms with Crippen molar-refractivity contribution in [1.29, 1.82) is 0 Å². The third-order valence-corrected chi connectivity index (χ3v) is 6.08. The number of hydrogen-bond acceptors (Lipinski definition) is 4. The summed E-state index contributed by atoms with van der Waals surface area (Å²) in [6.45, 7) is 1.63. The van der Waals surface area contributed by atoms with Crippen molar-refractivity contribution in [3.05, 3.63) is 56.7 Å². The fourth-order valence-electron chi connectivity index (χ4n) is 3.85. The second-order valence-corrected chi connectivity index (χ2v) is 7.55. The number of benzene rings is 1. The van der Waals surface area contributed by atoms with Crippen molar-refractivity contribution in [3.63, 3.8) is 0 Å². The van der Waals surface area contributed by atoms with Gasteiger partial charge in [-0.15, -0.1) is 11.3 Å². The Morgan fingerprint density at radius 3 is 2.96 bits per heavy atom. The predicted molar refractivity (Wildman–Crippen MR) is 90.7 cm³/mol. The summed E-state index contributed by atoms with van der Waals surface area (Å²) in [5.74, 6) is 0.495. The van der Waals surface area contributed by atoms with Gasteiger partial charge in [0, 0.05) is 17.5 Å². The van der Waals surface area contributed by atoms with Gasteiger partial charge in [0.25, 0.3) is 0 Å². The molecule has 1 aliphatic heterocycles. The van der Waals surface area contributed by atoms with Gasteiger partial charge in [0.05, 0.1) is 12.2 Å². The van der Waals surface area contributed by atoms with Crippen LogP contribution in [0.1, 0.15) is 29.3 Å². The summed E-state index contributed by atoms with van der Waals surface area (Å²) < 4.78 is 7.17. The molecular weight excluding hydrogens is 308 g/mol. The molecule has 0 amide bonds. The summed E-state index contributed by atoms with van der Waals surface area (Å²) >= 11 is 1.88. The number of para-hydroxylation sites is 2. The maximum atomic E-state index is 12.3. The summed E-state index contributed by atoms with van der Waals surface area (Å²) in [6, 6.07) is 10.4. The molecule has 23 heavy (non-hydrogen) atoms. The van der Waals surface area contributed by atoms with Crippen LogP contribution in [0.3, 0.4) is 0 Å². The van der Waals surface area contributed by atoms with Crippen molar-refractivity contribution >= 4 is 22.4 Å². The second-order valence-electron chi connectivity index (χ2n) is 6.55. The Bertz CT molecular complexity index is 918. The van der Waals surface area contributed by atoms with Gasteiger partial charge < -0.3 is 4.42 Å². The highest BCUT2D eigenvalue weighted by Crippen LogP contribution is 2.48. The highest BCUT2D eigenvalue weighted by atomic mass is 32.1. The number of thiophene rings is 1. The zero-order chi connectivity index (χ0) is 15.4. The van der Waals surface area contributed by atoms with E-state index in [1.54, 1.807) is 4.57 Å². The standard InChI is InChI=1S/C18H18N2O2S/c21-18-20(14-3-1-2-4-15(14)22-18)11-19-9-7-16-13(8-10-23-16)17(19)12-5-6-12/h1-4,8,10,12,17H,5-7,9,11H2/t17-/m1/s1. The van der Waals surface area contributed by atoms with Crippen LogP contribution < -0.4 is 5.76 Å². The number of nitrogens with zero attached hydrogens (tertiary/aromatic N) is 2. The first-order valence-corrected chi connectivity index (χ1v) is 9.08. The number of fused-ring (bicyclic) bond motifs is 2. The van der Waals surface area contributed by atoms with E-state index in [0.717, 1.165) is 24.4 Å². The summed E-state index contributed by atoms with van der Waals surface area (Å²) in [5, 5.41) is 2.21. The van der Waals surface area contributed by atoms with Crippen molar-refractivity contribution < 1.29 is 4.42 Å². The summed E-state index contributed by atoms with van der Waals surface area (Å²) in [4.78, 5) is 16.3. The maximum absolute atomic E-state index is 12.3. The third-order valence-electron chi connectivity index (χ3n) is 5.08. The van der Waals surface area contributed by atoms with Gasteiger partial charge in [-0.05, 0) is 54.3 Å². The largest absolute Gasteiger partial charge is 0.421 e. The van der Waals surface area contributed by atoms with E-state index in [2.05, 4.69) is 16.3 Å². The first-order valence-electron chi connectivity index (χ1n) is 8.20. The molecule has 118 valence electrons. The molecule has 3 aromatic rings. The molecule has 2 aromatic heterocycles. The van der Waals surface area contributed by atoms with E-state index in [1.165, 1.54) is 23.3 Å². The Labute approximate surface area is 137 Å². The Morgan fingerprint density at radius 2 is 2.09 bits per heavy atom. The van der Waals surface area contributed by atoms with E-state index in [0.29, 0.717) is 18.3 Å². The van der Waals surface area contributed by atoms with E-state index in [4.69, 9.17) is 4.42 Å². The molecule has 4 nitrogen and oxygen atoms in total. The summed E-state index contributed by atoms with van der Waals surface area (Å²) in [5.41, 5.74) is 3.06. The van der Waals surface area contributed by atoms with E-state index >= 15 is 0 Å². The normalized spacial score (nSPS) is 21.7. The second kappa shape index (κ2) is 5.08. The van der Waals surface area contributed by atoms with Gasteiger partial charge in [-0.2, -0.15) is 0 Å². The third kappa shape index (κ3) is 2.18. The predicted octanol–water partition coefficient (Wildman–Crippen LogP) is 3.62. The van der Waals surface area contributed by atoms with Crippen LogP contribution in [-0.2, 0) is 13.1 Å². The van der Waals surface area contributed by atoms with E-state index in [-0.39, 0.29) is 5.76 Å². The fraction of sp³-hybridized carbons (Fsp3) is 0.389. The van der Waals surface area contributed by atoms with Crippen molar-refractivity contribution in [3.8, 4) is 0 Å². The molecule has 0 saturated heterocycles. The van der Waals surface area contributed by atoms with Gasteiger partial charge in [-0.1, -0.05) is 12.1 Å². The molecule has 1 saturated carbocycles. The smallest absolute Gasteiger partial charge is 0.408 e. The lowest BCUT2D eigenvalue weighted by molar-refractivity contribution is 0.123. The van der Waals surface area contributed by atoms with Crippen LogP contribution in [0, 0.1) is 5.92 Å². The maximum Gasteiger partial charge on any atom is 0.421 e. The van der Waals surface area contributed by atoms with E-state index < -0.39 is 0 Å². The van der Waals surface area contributed by atoms with Gasteiger partial charge >= 0.3 is 5.76 Å². The lowest BCUT2D eigenvalue weighted by Crippen LogP contribution is -2.39. The van der Waals surface area contributed by atoms with E-state index in [1.807, 2.05) is 35.6 Å². The minimum absolute atomic E-state index is 0.253. The van der Waals surface area contributed by atoms with Gasteiger partial charge in [0.1, 0.15) is 0 Å². The van der Waals surface area contributed by atoms with Crippen LogP contribution in [0.4, 0.5) is 0 Å². The number of hydrogen-bond donors (Lipinski definition) is 0. The van der Waals surface area contributed by atoms with Crippen molar-refractivity contribution in [1.82, 2.24) is 9.47 Å². The first-order chi connectivity index (χ1) is 11.3. The van der Waals surface area contributed by atoms with Crippen LogP contribution >= 0.6 is 11.3 Å². The van der Waals surface area contributed by atoms with Gasteiger partial charge in [0.15, 0.2) is 5.58 Å². The minimum atomic E-state index is -0.253. The van der Waals surface area contributed by atoms with Gasteiger partial charge in [-0.3, -0.25) is 9.47 Å². The molecule has 0 unspecified atom stereocenters. The summed E-state index contributed by atoms with van der Waals surface area (Å²) in [7, 11) is 0. The average Bonchev–Trinajstić information content (AvgIpc) is 3.20. The molecule has 1 atom stereocenters. The molecule has 0 spiro atoms. The molecule has 2 aliphatic rings. The van der Waals surface area contributed by atoms with Gasteiger partial charge in [-0.25, -0.2) is 4.79 Å². The number of rotatable bonds is 3. The van der Waals surface area contributed by atoms with Crippen molar-refractivity contribution in [2.75, 3.05) is 6.54 Å². The number of oxazole rings is 1. The molecule has 0 bridgehead atoms. The van der Waals surface area contributed by atoms with Crippen LogP contribution in [0.2, 0.25) is 0 Å². The van der Waals surface area contributed by atoms with Gasteiger partial charge in [0.2, 0.25) is 0 Å². The Kier molecular flexibility index (Phi) is 3.00. The average molecular weight is 326 g/mol. The zero-order valence-corrected chi connectivity index (χ0v) is 13.6. The Hall–Kier alpha value is -1.85. The SMILES string of the molecule is O=c1oc2ccccc2n1CN1CCc2sccc2[C@H]1C1CC1. The van der Waals surface area contributed by atoms with Crippen molar-refractivity contribution in [2.45, 2.75) is 32.0 Å². The van der Waals surface area contributed by atoms with Crippen LogP contribution in [0.5, 0.6) is 0 Å². The van der Waals surface area contributed by atoms with E-state index in [9.17, 15) is 4.79 Å².